The van der Waals surface area contributed by atoms with Crippen LogP contribution in [0.3, 0.4) is 0 Å². The molecular weight excluding hydrogens is 224 g/mol. The normalized spacial score (nSPS) is 35.7. The predicted molar refractivity (Wildman–Crippen MR) is 73.5 cm³/mol. The van der Waals surface area contributed by atoms with Gasteiger partial charge in [0.15, 0.2) is 0 Å². The number of aliphatic hydroxyl groups is 1. The summed E-state index contributed by atoms with van der Waals surface area (Å²) in [5.74, 6) is 1.35. The fourth-order valence-electron chi connectivity index (χ4n) is 3.60. The Morgan fingerprint density at radius 1 is 1.22 bits per heavy atom. The Labute approximate surface area is 111 Å². The molecule has 3 rings (SSSR count). The second-order valence-corrected chi connectivity index (χ2v) is 6.68. The van der Waals surface area contributed by atoms with Gasteiger partial charge in [-0.15, -0.1) is 0 Å². The third-order valence-corrected chi connectivity index (χ3v) is 4.86. The van der Waals surface area contributed by atoms with Crippen LogP contribution < -0.4 is 5.32 Å². The summed E-state index contributed by atoms with van der Waals surface area (Å²) in [4.78, 5) is 2.68. The first-order valence-electron chi connectivity index (χ1n) is 7.91. The maximum absolute atomic E-state index is 10.2. The van der Waals surface area contributed by atoms with Gasteiger partial charge in [0.1, 0.15) is 0 Å². The van der Waals surface area contributed by atoms with E-state index < -0.39 is 0 Å². The van der Waals surface area contributed by atoms with Crippen molar-refractivity contribution in [2.45, 2.75) is 63.6 Å². The summed E-state index contributed by atoms with van der Waals surface area (Å²) in [7, 11) is 0. The summed E-state index contributed by atoms with van der Waals surface area (Å²) in [6, 6.07) is 1.52. The molecule has 3 heteroatoms. The number of aliphatic hydroxyl groups excluding tert-OH is 1. The Hall–Kier alpha value is -0.120. The minimum atomic E-state index is -0.0172. The van der Waals surface area contributed by atoms with E-state index in [1.165, 1.54) is 45.2 Å². The summed E-state index contributed by atoms with van der Waals surface area (Å²) in [6.45, 7) is 5.73. The number of hydrogen-bond donors (Lipinski definition) is 2. The van der Waals surface area contributed by atoms with Crippen LogP contribution in [-0.4, -0.2) is 47.8 Å². The van der Waals surface area contributed by atoms with Crippen molar-refractivity contribution in [3.8, 4) is 0 Å². The van der Waals surface area contributed by atoms with Crippen LogP contribution in [0.5, 0.6) is 0 Å². The second kappa shape index (κ2) is 5.48. The summed E-state index contributed by atoms with van der Waals surface area (Å²) < 4.78 is 0. The molecule has 3 nitrogen and oxygen atoms in total. The molecule has 0 amide bonds. The fraction of sp³-hybridized carbons (Fsp3) is 1.00. The Morgan fingerprint density at radius 2 is 2.00 bits per heavy atom. The van der Waals surface area contributed by atoms with Crippen molar-refractivity contribution in [2.24, 2.45) is 11.8 Å². The minimum Gasteiger partial charge on any atom is -0.393 e. The van der Waals surface area contributed by atoms with Gasteiger partial charge in [0, 0.05) is 25.2 Å². The Kier molecular flexibility index (Phi) is 3.92. The third-order valence-electron chi connectivity index (χ3n) is 4.86. The van der Waals surface area contributed by atoms with Gasteiger partial charge in [-0.2, -0.15) is 0 Å². The van der Waals surface area contributed by atoms with Crippen LogP contribution >= 0.6 is 0 Å². The largest absolute Gasteiger partial charge is 0.393 e. The maximum atomic E-state index is 10.2. The minimum absolute atomic E-state index is 0.0172. The Morgan fingerprint density at radius 3 is 2.61 bits per heavy atom. The van der Waals surface area contributed by atoms with Crippen LogP contribution in [0.2, 0.25) is 0 Å². The second-order valence-electron chi connectivity index (χ2n) is 6.68. The average molecular weight is 252 g/mol. The standard InChI is InChI=1S/C15H28N2O/c1-2-16-13-7-11(8-15(18)12-3-4-12)9-17(10-13)14-5-6-14/h11-16,18H,2-10H2,1H3. The smallest absolute Gasteiger partial charge is 0.0571 e. The highest BCUT2D eigenvalue weighted by molar-refractivity contribution is 4.93. The van der Waals surface area contributed by atoms with E-state index in [4.69, 9.17) is 0 Å². The molecule has 3 unspecified atom stereocenters. The molecule has 3 fully saturated rings. The molecule has 0 bridgehead atoms. The Balaban J connectivity index is 1.53. The maximum Gasteiger partial charge on any atom is 0.0571 e. The number of rotatable bonds is 6. The van der Waals surface area contributed by atoms with Gasteiger partial charge in [-0.25, -0.2) is 0 Å². The van der Waals surface area contributed by atoms with Gasteiger partial charge in [0.2, 0.25) is 0 Å². The lowest BCUT2D eigenvalue weighted by Crippen LogP contribution is -2.50. The monoisotopic (exact) mass is 252 g/mol. The van der Waals surface area contributed by atoms with Crippen LogP contribution in [0.1, 0.15) is 45.4 Å². The first-order valence-corrected chi connectivity index (χ1v) is 7.91. The van der Waals surface area contributed by atoms with Crippen molar-refractivity contribution in [1.29, 1.82) is 0 Å². The number of nitrogens with zero attached hydrogens (tertiary/aromatic N) is 1. The van der Waals surface area contributed by atoms with Crippen molar-refractivity contribution < 1.29 is 5.11 Å². The van der Waals surface area contributed by atoms with E-state index in [1.807, 2.05) is 0 Å². The highest BCUT2D eigenvalue weighted by Gasteiger charge is 2.38. The van der Waals surface area contributed by atoms with E-state index in [2.05, 4.69) is 17.1 Å². The number of piperidine rings is 1. The first-order chi connectivity index (χ1) is 8.76. The van der Waals surface area contributed by atoms with E-state index in [0.29, 0.717) is 17.9 Å². The van der Waals surface area contributed by atoms with Crippen LogP contribution in [0, 0.1) is 11.8 Å². The molecule has 0 aromatic carbocycles. The molecule has 18 heavy (non-hydrogen) atoms. The lowest BCUT2D eigenvalue weighted by Gasteiger charge is -2.39. The number of hydrogen-bond acceptors (Lipinski definition) is 3. The van der Waals surface area contributed by atoms with E-state index in [-0.39, 0.29) is 6.10 Å². The molecule has 0 radical (unpaired) electrons. The van der Waals surface area contributed by atoms with Crippen molar-refractivity contribution in [3.05, 3.63) is 0 Å². The van der Waals surface area contributed by atoms with Gasteiger partial charge in [-0.3, -0.25) is 4.90 Å². The van der Waals surface area contributed by atoms with Crippen LogP contribution in [0.25, 0.3) is 0 Å². The number of likely N-dealkylation sites (tertiary alicyclic amines) is 1. The average Bonchev–Trinajstić information content (AvgIpc) is 3.19. The molecule has 2 aliphatic carbocycles. The zero-order valence-electron chi connectivity index (χ0n) is 11.6. The van der Waals surface area contributed by atoms with Gasteiger partial charge in [0.05, 0.1) is 6.10 Å². The van der Waals surface area contributed by atoms with Gasteiger partial charge < -0.3 is 10.4 Å². The third kappa shape index (κ3) is 3.25. The van der Waals surface area contributed by atoms with Crippen molar-refractivity contribution in [1.82, 2.24) is 10.2 Å². The molecule has 0 aromatic rings. The van der Waals surface area contributed by atoms with Gasteiger partial charge >= 0.3 is 0 Å². The molecule has 2 N–H and O–H groups in total. The van der Waals surface area contributed by atoms with Gasteiger partial charge in [-0.1, -0.05) is 6.92 Å². The molecule has 1 saturated heterocycles. The quantitative estimate of drug-likeness (QED) is 0.754. The molecule has 104 valence electrons. The lowest BCUT2D eigenvalue weighted by molar-refractivity contribution is 0.0721. The van der Waals surface area contributed by atoms with Crippen molar-refractivity contribution in [3.63, 3.8) is 0 Å². The summed E-state index contributed by atoms with van der Waals surface area (Å²) >= 11 is 0. The molecule has 1 heterocycles. The van der Waals surface area contributed by atoms with Crippen molar-refractivity contribution >= 4 is 0 Å². The topological polar surface area (TPSA) is 35.5 Å². The molecule has 3 atom stereocenters. The lowest BCUT2D eigenvalue weighted by atomic mass is 9.88. The highest BCUT2D eigenvalue weighted by atomic mass is 16.3. The zero-order chi connectivity index (χ0) is 12.5. The molecular formula is C15H28N2O. The fourth-order valence-corrected chi connectivity index (χ4v) is 3.60. The van der Waals surface area contributed by atoms with E-state index in [0.717, 1.165) is 19.0 Å². The Bertz CT molecular complexity index is 274. The SMILES string of the molecule is CCNC1CC(CC(O)C2CC2)CN(C2CC2)C1. The van der Waals surface area contributed by atoms with Crippen LogP contribution in [-0.2, 0) is 0 Å². The summed E-state index contributed by atoms with van der Waals surface area (Å²) in [5.41, 5.74) is 0. The molecule has 0 aromatic heterocycles. The van der Waals surface area contributed by atoms with Crippen LogP contribution in [0.4, 0.5) is 0 Å². The van der Waals surface area contributed by atoms with Crippen molar-refractivity contribution in [2.75, 3.05) is 19.6 Å². The highest BCUT2D eigenvalue weighted by Crippen LogP contribution is 2.38. The van der Waals surface area contributed by atoms with Crippen LogP contribution in [0.15, 0.2) is 0 Å². The van der Waals surface area contributed by atoms with Gasteiger partial charge in [0.25, 0.3) is 0 Å². The molecule has 0 spiro atoms. The molecule has 3 aliphatic rings. The molecule has 2 saturated carbocycles. The zero-order valence-corrected chi connectivity index (χ0v) is 11.6. The van der Waals surface area contributed by atoms with Gasteiger partial charge in [-0.05, 0) is 56.9 Å². The number of nitrogens with one attached hydrogen (secondary N) is 1. The molecule has 1 aliphatic heterocycles. The van der Waals surface area contributed by atoms with E-state index in [9.17, 15) is 5.11 Å². The number of likely N-dealkylation sites (N-methyl/N-ethyl adjacent to an activating group) is 1. The predicted octanol–water partition coefficient (Wildman–Crippen LogP) is 1.61. The first kappa shape index (κ1) is 12.9. The summed E-state index contributed by atoms with van der Waals surface area (Å²) in [5, 5.41) is 13.8. The van der Waals surface area contributed by atoms with E-state index in [1.54, 1.807) is 0 Å². The van der Waals surface area contributed by atoms with E-state index >= 15 is 0 Å². The summed E-state index contributed by atoms with van der Waals surface area (Å²) in [6.07, 6.45) is 7.61.